The first-order valence-corrected chi connectivity index (χ1v) is 7.00. The highest BCUT2D eigenvalue weighted by Gasteiger charge is 2.04. The zero-order valence-corrected chi connectivity index (χ0v) is 11.6. The Morgan fingerprint density at radius 1 is 0.900 bits per heavy atom. The molecule has 0 aliphatic heterocycles. The van der Waals surface area contributed by atoms with E-state index in [0.29, 0.717) is 13.2 Å². The molecule has 2 aromatic carbocycles. The molecule has 106 valence electrons. The highest BCUT2D eigenvalue weighted by molar-refractivity contribution is 5.70. The lowest BCUT2D eigenvalue weighted by Gasteiger charge is -2.11. The predicted octanol–water partition coefficient (Wildman–Crippen LogP) is 2.70. The average Bonchev–Trinajstić information content (AvgIpc) is 2.52. The van der Waals surface area contributed by atoms with Gasteiger partial charge in [-0.05, 0) is 24.6 Å². The quantitative estimate of drug-likeness (QED) is 0.725. The number of ether oxygens (including phenoxy) is 1. The first-order valence-electron chi connectivity index (χ1n) is 7.00. The van der Waals surface area contributed by atoms with Crippen molar-refractivity contribution < 1.29 is 9.84 Å². The van der Waals surface area contributed by atoms with Crippen molar-refractivity contribution >= 4 is 0 Å². The van der Waals surface area contributed by atoms with E-state index in [-0.39, 0.29) is 6.61 Å². The van der Waals surface area contributed by atoms with E-state index in [2.05, 4.69) is 23.5 Å². The first-order chi connectivity index (χ1) is 9.92. The predicted molar refractivity (Wildman–Crippen MR) is 81.9 cm³/mol. The molecule has 0 atom stereocenters. The Balaban J connectivity index is 1.92. The van der Waals surface area contributed by atoms with Crippen molar-refractivity contribution in [1.29, 1.82) is 0 Å². The van der Waals surface area contributed by atoms with Crippen molar-refractivity contribution in [2.75, 3.05) is 26.3 Å². The van der Waals surface area contributed by atoms with E-state index in [1.165, 1.54) is 5.56 Å². The second-order valence-electron chi connectivity index (χ2n) is 4.54. The summed E-state index contributed by atoms with van der Waals surface area (Å²) in [6, 6.07) is 18.4. The van der Waals surface area contributed by atoms with Gasteiger partial charge in [0.15, 0.2) is 0 Å². The molecule has 2 aromatic rings. The smallest absolute Gasteiger partial charge is 0.127 e. The van der Waals surface area contributed by atoms with E-state index in [9.17, 15) is 0 Å². The molecular formula is C17H21NO2. The average molecular weight is 271 g/mol. The Morgan fingerprint density at radius 3 is 2.45 bits per heavy atom. The van der Waals surface area contributed by atoms with Crippen LogP contribution in [0.4, 0.5) is 0 Å². The van der Waals surface area contributed by atoms with Crippen LogP contribution in [0.3, 0.4) is 0 Å². The minimum absolute atomic E-state index is 0.178. The summed E-state index contributed by atoms with van der Waals surface area (Å²) in [5.41, 5.74) is 2.29. The van der Waals surface area contributed by atoms with Gasteiger partial charge >= 0.3 is 0 Å². The maximum atomic E-state index is 8.67. The molecule has 0 saturated heterocycles. The van der Waals surface area contributed by atoms with E-state index in [1.807, 2.05) is 36.4 Å². The van der Waals surface area contributed by atoms with Gasteiger partial charge in [0.2, 0.25) is 0 Å². The molecule has 0 bridgehead atoms. The molecule has 0 saturated carbocycles. The lowest BCUT2D eigenvalue weighted by Crippen LogP contribution is -2.20. The summed E-state index contributed by atoms with van der Waals surface area (Å²) in [5.74, 6) is 0.917. The standard InChI is InChI=1S/C17H21NO2/c19-13-12-18-11-6-14-20-17-10-5-4-9-16(17)15-7-2-1-3-8-15/h1-5,7-10,18-19H,6,11-14H2. The molecule has 0 fully saturated rings. The summed E-state index contributed by atoms with van der Waals surface area (Å²) in [5, 5.41) is 11.8. The highest BCUT2D eigenvalue weighted by Crippen LogP contribution is 2.29. The van der Waals surface area contributed by atoms with Crippen molar-refractivity contribution in [3.63, 3.8) is 0 Å². The molecule has 0 heterocycles. The molecule has 0 aliphatic rings. The van der Waals surface area contributed by atoms with Gasteiger partial charge in [-0.25, -0.2) is 0 Å². The van der Waals surface area contributed by atoms with Crippen LogP contribution in [0.5, 0.6) is 5.75 Å². The number of nitrogens with one attached hydrogen (secondary N) is 1. The van der Waals surface area contributed by atoms with Gasteiger partial charge in [-0.1, -0.05) is 48.5 Å². The number of benzene rings is 2. The fraction of sp³-hybridized carbons (Fsp3) is 0.294. The Bertz CT molecular complexity index is 499. The van der Waals surface area contributed by atoms with Gasteiger partial charge in [0.1, 0.15) is 5.75 Å². The van der Waals surface area contributed by atoms with Gasteiger partial charge in [0, 0.05) is 12.1 Å². The van der Waals surface area contributed by atoms with E-state index in [4.69, 9.17) is 9.84 Å². The Kier molecular flexibility index (Phi) is 6.08. The zero-order valence-electron chi connectivity index (χ0n) is 11.6. The van der Waals surface area contributed by atoms with Crippen LogP contribution in [-0.2, 0) is 0 Å². The summed E-state index contributed by atoms with van der Waals surface area (Å²) >= 11 is 0. The van der Waals surface area contributed by atoms with E-state index < -0.39 is 0 Å². The van der Waals surface area contributed by atoms with Crippen LogP contribution in [0.25, 0.3) is 11.1 Å². The number of aliphatic hydroxyl groups is 1. The van der Waals surface area contributed by atoms with E-state index >= 15 is 0 Å². The maximum absolute atomic E-state index is 8.67. The van der Waals surface area contributed by atoms with Crippen LogP contribution in [0.1, 0.15) is 6.42 Å². The molecule has 2 N–H and O–H groups in total. The molecule has 0 aliphatic carbocycles. The Hall–Kier alpha value is -1.84. The topological polar surface area (TPSA) is 41.5 Å². The molecule has 3 nitrogen and oxygen atoms in total. The summed E-state index contributed by atoms with van der Waals surface area (Å²) in [4.78, 5) is 0. The monoisotopic (exact) mass is 271 g/mol. The normalized spacial score (nSPS) is 10.4. The molecule has 0 unspecified atom stereocenters. The van der Waals surface area contributed by atoms with Crippen molar-refractivity contribution in [1.82, 2.24) is 5.32 Å². The molecule has 0 radical (unpaired) electrons. The summed E-state index contributed by atoms with van der Waals surface area (Å²) in [6.07, 6.45) is 0.920. The van der Waals surface area contributed by atoms with Crippen molar-refractivity contribution in [2.24, 2.45) is 0 Å². The van der Waals surface area contributed by atoms with Gasteiger partial charge in [0.25, 0.3) is 0 Å². The van der Waals surface area contributed by atoms with Crippen LogP contribution in [0, 0.1) is 0 Å². The lowest BCUT2D eigenvalue weighted by atomic mass is 10.1. The Morgan fingerprint density at radius 2 is 1.65 bits per heavy atom. The van der Waals surface area contributed by atoms with Gasteiger partial charge < -0.3 is 15.2 Å². The third-order valence-corrected chi connectivity index (χ3v) is 3.02. The molecule has 20 heavy (non-hydrogen) atoms. The fourth-order valence-electron chi connectivity index (χ4n) is 2.03. The highest BCUT2D eigenvalue weighted by atomic mass is 16.5. The maximum Gasteiger partial charge on any atom is 0.127 e. The fourth-order valence-corrected chi connectivity index (χ4v) is 2.03. The number of hydrogen-bond acceptors (Lipinski definition) is 3. The van der Waals surface area contributed by atoms with E-state index in [1.54, 1.807) is 0 Å². The lowest BCUT2D eigenvalue weighted by molar-refractivity contribution is 0.282. The van der Waals surface area contributed by atoms with Gasteiger partial charge in [-0.15, -0.1) is 0 Å². The SMILES string of the molecule is OCCNCCCOc1ccccc1-c1ccccc1. The minimum Gasteiger partial charge on any atom is -0.493 e. The third kappa shape index (κ3) is 4.37. The molecular weight excluding hydrogens is 250 g/mol. The van der Waals surface area contributed by atoms with Gasteiger partial charge in [-0.3, -0.25) is 0 Å². The molecule has 2 rings (SSSR count). The van der Waals surface area contributed by atoms with Crippen LogP contribution in [0.2, 0.25) is 0 Å². The summed E-state index contributed by atoms with van der Waals surface area (Å²) in [6.45, 7) is 2.34. The molecule has 0 amide bonds. The van der Waals surface area contributed by atoms with Gasteiger partial charge in [-0.2, -0.15) is 0 Å². The number of aliphatic hydroxyl groups excluding tert-OH is 1. The summed E-state index contributed by atoms with van der Waals surface area (Å²) in [7, 11) is 0. The van der Waals surface area contributed by atoms with E-state index in [0.717, 1.165) is 24.3 Å². The zero-order chi connectivity index (χ0) is 14.0. The second kappa shape index (κ2) is 8.35. The second-order valence-corrected chi connectivity index (χ2v) is 4.54. The van der Waals surface area contributed by atoms with Crippen LogP contribution in [0.15, 0.2) is 54.6 Å². The number of hydrogen-bond donors (Lipinski definition) is 2. The number of rotatable bonds is 8. The van der Waals surface area contributed by atoms with Crippen molar-refractivity contribution in [3.05, 3.63) is 54.6 Å². The Labute approximate surface area is 120 Å². The van der Waals surface area contributed by atoms with Crippen molar-refractivity contribution in [2.45, 2.75) is 6.42 Å². The van der Waals surface area contributed by atoms with Crippen molar-refractivity contribution in [3.8, 4) is 16.9 Å². The van der Waals surface area contributed by atoms with Gasteiger partial charge in [0.05, 0.1) is 13.2 Å². The number of para-hydroxylation sites is 1. The van der Waals surface area contributed by atoms with Crippen LogP contribution in [-0.4, -0.2) is 31.4 Å². The molecule has 0 aromatic heterocycles. The molecule has 0 spiro atoms. The van der Waals surface area contributed by atoms with Crippen LogP contribution < -0.4 is 10.1 Å². The first kappa shape index (κ1) is 14.6. The summed E-state index contributed by atoms with van der Waals surface area (Å²) < 4.78 is 5.87. The third-order valence-electron chi connectivity index (χ3n) is 3.02. The minimum atomic E-state index is 0.178. The van der Waals surface area contributed by atoms with Crippen LogP contribution >= 0.6 is 0 Å². The largest absolute Gasteiger partial charge is 0.493 e. The molecule has 3 heteroatoms.